The van der Waals surface area contributed by atoms with Gasteiger partial charge in [-0.05, 0) is 61.7 Å². The molecule has 1 saturated heterocycles. The fraction of sp³-hybridized carbons (Fsp3) is 0.242. The van der Waals surface area contributed by atoms with Crippen molar-refractivity contribution < 1.29 is 18.4 Å². The van der Waals surface area contributed by atoms with E-state index >= 15 is 0 Å². The first kappa shape index (κ1) is 33.2. The maximum Gasteiger partial charge on any atom is 0.274 e. The van der Waals surface area contributed by atoms with Crippen LogP contribution in [0, 0.1) is 18.7 Å². The maximum absolute atomic E-state index is 13.2. The second-order valence-electron chi connectivity index (χ2n) is 10.1. The summed E-state index contributed by atoms with van der Waals surface area (Å²) in [7, 11) is 3.53. The molecule has 1 aliphatic rings. The molecule has 12 heteroatoms. The SMILES string of the molecule is C#C.CNC(=O)c1c(-c2ccc(F)cc2)oc2cc(N(C)SC)ccc12.Nc1cc(Cl)cn2cc(C(=O)N3CCCCC3)nc12. The van der Waals surface area contributed by atoms with E-state index in [1.54, 1.807) is 54.0 Å². The van der Waals surface area contributed by atoms with E-state index < -0.39 is 0 Å². The summed E-state index contributed by atoms with van der Waals surface area (Å²) < 4.78 is 22.9. The molecule has 1 aliphatic heterocycles. The Hall–Kier alpha value is -4.66. The number of amides is 2. The maximum atomic E-state index is 13.2. The largest absolute Gasteiger partial charge is 0.455 e. The summed E-state index contributed by atoms with van der Waals surface area (Å²) in [5.41, 5.74) is 10.0. The van der Waals surface area contributed by atoms with Crippen molar-refractivity contribution in [2.75, 3.05) is 43.5 Å². The van der Waals surface area contributed by atoms with Crippen LogP contribution in [0.3, 0.4) is 0 Å². The van der Waals surface area contributed by atoms with Gasteiger partial charge in [-0.3, -0.25) is 9.59 Å². The van der Waals surface area contributed by atoms with Crippen LogP contribution in [0.5, 0.6) is 0 Å². The molecule has 2 amide bonds. The van der Waals surface area contributed by atoms with Gasteiger partial charge in [0.15, 0.2) is 5.65 Å². The third-order valence-electron chi connectivity index (χ3n) is 7.28. The number of nitrogens with zero attached hydrogens (tertiary/aromatic N) is 4. The van der Waals surface area contributed by atoms with Crippen LogP contribution in [0.4, 0.5) is 15.8 Å². The minimum absolute atomic E-state index is 0.0288. The van der Waals surface area contributed by atoms with Gasteiger partial charge < -0.3 is 29.1 Å². The normalized spacial score (nSPS) is 12.6. The Morgan fingerprint density at radius 3 is 2.42 bits per heavy atom. The molecule has 0 aliphatic carbocycles. The lowest BCUT2D eigenvalue weighted by Gasteiger charge is -2.25. The molecule has 3 N–H and O–H groups in total. The van der Waals surface area contributed by atoms with Crippen molar-refractivity contribution in [3.8, 4) is 24.2 Å². The number of rotatable bonds is 5. The van der Waals surface area contributed by atoms with Crippen LogP contribution < -0.4 is 15.4 Å². The summed E-state index contributed by atoms with van der Waals surface area (Å²) >= 11 is 7.51. The highest BCUT2D eigenvalue weighted by molar-refractivity contribution is 7.99. The number of likely N-dealkylation sites (tertiary alicyclic amines) is 1. The molecule has 4 heterocycles. The highest BCUT2D eigenvalue weighted by Crippen LogP contribution is 2.36. The lowest BCUT2D eigenvalue weighted by atomic mass is 10.0. The number of fused-ring (bicyclic) bond motifs is 2. The van der Waals surface area contributed by atoms with Crippen LogP contribution in [0.1, 0.15) is 40.1 Å². The Labute approximate surface area is 270 Å². The van der Waals surface area contributed by atoms with E-state index in [9.17, 15) is 14.0 Å². The van der Waals surface area contributed by atoms with Crippen molar-refractivity contribution in [1.29, 1.82) is 0 Å². The number of imidazole rings is 1. The molecule has 3 aromatic heterocycles. The molecular weight excluding hydrogens is 615 g/mol. The number of nitrogens with one attached hydrogen (secondary N) is 1. The third kappa shape index (κ3) is 7.36. The predicted molar refractivity (Wildman–Crippen MR) is 181 cm³/mol. The molecule has 2 aromatic carbocycles. The molecule has 0 spiro atoms. The lowest BCUT2D eigenvalue weighted by molar-refractivity contribution is 0.0719. The average molecular weight is 649 g/mol. The first-order valence-electron chi connectivity index (χ1n) is 14.1. The highest BCUT2D eigenvalue weighted by atomic mass is 35.5. The summed E-state index contributed by atoms with van der Waals surface area (Å²) in [5.74, 6) is -0.161. The van der Waals surface area contributed by atoms with Gasteiger partial charge in [0.1, 0.15) is 22.9 Å². The van der Waals surface area contributed by atoms with Crippen molar-refractivity contribution in [1.82, 2.24) is 19.6 Å². The standard InChI is InChI=1S/C18H17FN2O2S.C13H15ClN4O.C2H2/c1-20-18(22)16-14-9-8-13(21(2)24-3)10-15(14)23-17(16)11-4-6-12(19)7-5-11;14-9-6-10(15)12-16-11(8-18(12)7-9)13(19)17-4-2-1-3-5-17;1-2/h4-10H,1-3H3,(H,20,22);6-8H,1-5,15H2;1-2H. The van der Waals surface area contributed by atoms with Crippen molar-refractivity contribution in [2.45, 2.75) is 19.3 Å². The van der Waals surface area contributed by atoms with E-state index in [1.807, 2.05) is 40.7 Å². The molecule has 0 bridgehead atoms. The van der Waals surface area contributed by atoms with Gasteiger partial charge >= 0.3 is 0 Å². The highest BCUT2D eigenvalue weighted by Gasteiger charge is 2.23. The molecule has 234 valence electrons. The van der Waals surface area contributed by atoms with Crippen LogP contribution >= 0.6 is 23.5 Å². The third-order valence-corrected chi connectivity index (χ3v) is 8.25. The Balaban J connectivity index is 0.000000199. The fourth-order valence-corrected chi connectivity index (χ4v) is 5.54. The monoisotopic (exact) mass is 648 g/mol. The fourth-order valence-electron chi connectivity index (χ4n) is 4.99. The first-order chi connectivity index (χ1) is 21.7. The smallest absolute Gasteiger partial charge is 0.274 e. The summed E-state index contributed by atoms with van der Waals surface area (Å²) in [4.78, 5) is 30.9. The first-order valence-corrected chi connectivity index (χ1v) is 15.6. The number of anilines is 2. The van der Waals surface area contributed by atoms with Crippen molar-refractivity contribution in [2.24, 2.45) is 0 Å². The number of furan rings is 1. The van der Waals surface area contributed by atoms with Crippen LogP contribution in [0.2, 0.25) is 5.02 Å². The van der Waals surface area contributed by atoms with Gasteiger partial charge in [-0.25, -0.2) is 9.37 Å². The van der Waals surface area contributed by atoms with E-state index in [0.29, 0.717) is 44.5 Å². The number of carbonyl (C=O) groups is 2. The number of terminal acetylenes is 1. The van der Waals surface area contributed by atoms with E-state index in [0.717, 1.165) is 37.0 Å². The Morgan fingerprint density at radius 1 is 1.09 bits per heavy atom. The number of benzene rings is 2. The molecule has 6 rings (SSSR count). The van der Waals surface area contributed by atoms with Crippen molar-refractivity contribution >= 4 is 63.4 Å². The van der Waals surface area contributed by atoms with Gasteiger partial charge in [-0.1, -0.05) is 23.5 Å². The molecule has 5 aromatic rings. The van der Waals surface area contributed by atoms with Gasteiger partial charge in [0.2, 0.25) is 0 Å². The number of nitrogen functional groups attached to an aromatic ring is 1. The summed E-state index contributed by atoms with van der Waals surface area (Å²) in [6.45, 7) is 1.62. The topological polar surface area (TPSA) is 109 Å². The van der Waals surface area contributed by atoms with Gasteiger partial charge in [0, 0.05) is 62.9 Å². The minimum atomic E-state index is -0.333. The number of nitrogens with two attached hydrogens (primary N) is 1. The van der Waals surface area contributed by atoms with E-state index in [1.165, 1.54) is 18.6 Å². The minimum Gasteiger partial charge on any atom is -0.455 e. The molecule has 0 saturated carbocycles. The zero-order valence-corrected chi connectivity index (χ0v) is 26.8. The number of pyridine rings is 1. The van der Waals surface area contributed by atoms with Crippen molar-refractivity contribution in [3.63, 3.8) is 0 Å². The van der Waals surface area contributed by atoms with Gasteiger partial charge in [0.25, 0.3) is 11.8 Å². The van der Waals surface area contributed by atoms with E-state index in [2.05, 4.69) is 23.1 Å². The lowest BCUT2D eigenvalue weighted by Crippen LogP contribution is -2.35. The predicted octanol–water partition coefficient (Wildman–Crippen LogP) is 6.76. The molecule has 0 unspecified atom stereocenters. The Kier molecular flexibility index (Phi) is 11.0. The van der Waals surface area contributed by atoms with E-state index in [4.69, 9.17) is 21.8 Å². The Morgan fingerprint density at radius 2 is 1.78 bits per heavy atom. The second kappa shape index (κ2) is 14.9. The van der Waals surface area contributed by atoms with E-state index in [-0.39, 0.29) is 17.6 Å². The molecule has 45 heavy (non-hydrogen) atoms. The van der Waals surface area contributed by atoms with Crippen LogP contribution in [0.25, 0.3) is 27.9 Å². The molecule has 0 radical (unpaired) electrons. The number of carbonyl (C=O) groups excluding carboxylic acids is 2. The molecular formula is C33H34ClFN6O3S. The number of halogens is 2. The van der Waals surface area contributed by atoms with Crippen LogP contribution in [-0.4, -0.2) is 59.5 Å². The number of hydrogen-bond acceptors (Lipinski definition) is 7. The summed E-state index contributed by atoms with van der Waals surface area (Å²) in [5, 5.41) is 3.90. The van der Waals surface area contributed by atoms with Crippen LogP contribution in [-0.2, 0) is 0 Å². The quantitative estimate of drug-likeness (QED) is 0.160. The van der Waals surface area contributed by atoms with Gasteiger partial charge in [-0.15, -0.1) is 12.8 Å². The zero-order chi connectivity index (χ0) is 32.7. The van der Waals surface area contributed by atoms with Gasteiger partial charge in [0.05, 0.1) is 22.0 Å². The zero-order valence-electron chi connectivity index (χ0n) is 25.2. The van der Waals surface area contributed by atoms with Crippen molar-refractivity contribution in [3.05, 3.63) is 83.0 Å². The number of piperidine rings is 1. The van der Waals surface area contributed by atoms with Gasteiger partial charge in [-0.2, -0.15) is 0 Å². The summed E-state index contributed by atoms with van der Waals surface area (Å²) in [6, 6.07) is 13.3. The number of hydrogen-bond donors (Lipinski definition) is 2. The second-order valence-corrected chi connectivity index (χ2v) is 11.4. The summed E-state index contributed by atoms with van der Waals surface area (Å²) in [6.07, 6.45) is 16.7. The molecule has 1 fully saturated rings. The molecule has 9 nitrogen and oxygen atoms in total. The average Bonchev–Trinajstić information content (AvgIpc) is 3.67. The number of aromatic nitrogens is 2. The molecule has 0 atom stereocenters. The Bertz CT molecular complexity index is 1830. The van der Waals surface area contributed by atoms with Crippen LogP contribution in [0.15, 0.2) is 65.3 Å².